The molecule has 1 rings (SSSR count). The topological polar surface area (TPSA) is 50.1 Å². The van der Waals surface area contributed by atoms with Gasteiger partial charge in [-0.15, -0.1) is 11.3 Å². The molecule has 0 saturated heterocycles. The van der Waals surface area contributed by atoms with E-state index in [1.807, 2.05) is 6.07 Å². The average Bonchev–Trinajstić information content (AvgIpc) is 2.34. The standard InChI is InChI=1S/C7H5NO2S/c1-5(9)10-7-4-11-3-6(7)2-8/h3-4H,1H3. The van der Waals surface area contributed by atoms with Gasteiger partial charge in [-0.2, -0.15) is 5.26 Å². The Bertz CT molecular complexity index is 310. The number of ether oxygens (including phenoxy) is 1. The van der Waals surface area contributed by atoms with E-state index in [9.17, 15) is 4.79 Å². The largest absolute Gasteiger partial charge is 0.424 e. The van der Waals surface area contributed by atoms with E-state index in [1.165, 1.54) is 18.3 Å². The van der Waals surface area contributed by atoms with Crippen LogP contribution in [0.25, 0.3) is 0 Å². The van der Waals surface area contributed by atoms with E-state index in [1.54, 1.807) is 10.8 Å². The Balaban J connectivity index is 2.87. The number of carbonyl (C=O) groups is 1. The van der Waals surface area contributed by atoms with Gasteiger partial charge in [-0.1, -0.05) is 0 Å². The number of esters is 1. The van der Waals surface area contributed by atoms with Crippen LogP contribution in [0, 0.1) is 11.3 Å². The van der Waals surface area contributed by atoms with Crippen molar-refractivity contribution in [3.63, 3.8) is 0 Å². The normalized spacial score (nSPS) is 8.73. The molecule has 0 atom stereocenters. The van der Waals surface area contributed by atoms with Crippen molar-refractivity contribution in [1.82, 2.24) is 0 Å². The number of hydrogen-bond donors (Lipinski definition) is 0. The second-order valence-electron chi connectivity index (χ2n) is 1.86. The maximum atomic E-state index is 10.5. The Hall–Kier alpha value is -1.34. The van der Waals surface area contributed by atoms with Crippen molar-refractivity contribution < 1.29 is 9.53 Å². The van der Waals surface area contributed by atoms with E-state index in [0.29, 0.717) is 11.3 Å². The molecule has 1 heterocycles. The lowest BCUT2D eigenvalue weighted by Crippen LogP contribution is -2.01. The van der Waals surface area contributed by atoms with Crippen molar-refractivity contribution in [1.29, 1.82) is 5.26 Å². The maximum absolute atomic E-state index is 10.5. The fourth-order valence-corrected chi connectivity index (χ4v) is 1.27. The van der Waals surface area contributed by atoms with Gasteiger partial charge < -0.3 is 4.74 Å². The third kappa shape index (κ3) is 1.79. The quantitative estimate of drug-likeness (QED) is 0.596. The molecule has 56 valence electrons. The highest BCUT2D eigenvalue weighted by Crippen LogP contribution is 2.22. The van der Waals surface area contributed by atoms with E-state index < -0.39 is 5.97 Å². The Morgan fingerprint density at radius 2 is 2.45 bits per heavy atom. The summed E-state index contributed by atoms with van der Waals surface area (Å²) in [6, 6.07) is 1.91. The molecule has 0 unspecified atom stereocenters. The summed E-state index contributed by atoms with van der Waals surface area (Å²) in [4.78, 5) is 10.5. The summed E-state index contributed by atoms with van der Waals surface area (Å²) in [6.45, 7) is 1.30. The minimum Gasteiger partial charge on any atom is -0.424 e. The zero-order valence-electron chi connectivity index (χ0n) is 5.83. The summed E-state index contributed by atoms with van der Waals surface area (Å²) < 4.78 is 4.73. The van der Waals surface area contributed by atoms with E-state index >= 15 is 0 Å². The second kappa shape index (κ2) is 3.17. The van der Waals surface area contributed by atoms with Gasteiger partial charge in [0.1, 0.15) is 11.6 Å². The van der Waals surface area contributed by atoms with Crippen molar-refractivity contribution in [3.05, 3.63) is 16.3 Å². The fraction of sp³-hybridized carbons (Fsp3) is 0.143. The van der Waals surface area contributed by atoms with Crippen molar-refractivity contribution in [2.75, 3.05) is 0 Å². The summed E-state index contributed by atoms with van der Waals surface area (Å²) in [7, 11) is 0. The molecule has 0 aromatic carbocycles. The van der Waals surface area contributed by atoms with Gasteiger partial charge in [-0.05, 0) is 0 Å². The Kier molecular flexibility index (Phi) is 2.24. The first-order chi connectivity index (χ1) is 5.24. The molecule has 0 spiro atoms. The van der Waals surface area contributed by atoms with Crippen LogP contribution >= 0.6 is 11.3 Å². The zero-order chi connectivity index (χ0) is 8.27. The molecule has 1 aromatic rings. The van der Waals surface area contributed by atoms with Crippen LogP contribution in [0.5, 0.6) is 5.75 Å². The monoisotopic (exact) mass is 167 g/mol. The first-order valence-electron chi connectivity index (χ1n) is 2.88. The Morgan fingerprint density at radius 1 is 1.73 bits per heavy atom. The van der Waals surface area contributed by atoms with Crippen LogP contribution in [0.15, 0.2) is 10.8 Å². The van der Waals surface area contributed by atoms with Crippen molar-refractivity contribution >= 4 is 17.3 Å². The molecule has 0 amide bonds. The van der Waals surface area contributed by atoms with Gasteiger partial charge in [0.25, 0.3) is 0 Å². The predicted molar refractivity (Wildman–Crippen MR) is 40.3 cm³/mol. The predicted octanol–water partition coefficient (Wildman–Crippen LogP) is 1.55. The summed E-state index contributed by atoms with van der Waals surface area (Å²) >= 11 is 1.33. The minimum atomic E-state index is -0.403. The minimum absolute atomic E-state index is 0.352. The average molecular weight is 167 g/mol. The molecule has 0 radical (unpaired) electrons. The number of carbonyl (C=O) groups excluding carboxylic acids is 1. The molecule has 0 aliphatic carbocycles. The zero-order valence-corrected chi connectivity index (χ0v) is 6.64. The van der Waals surface area contributed by atoms with Gasteiger partial charge >= 0.3 is 5.97 Å². The van der Waals surface area contributed by atoms with Crippen LogP contribution in [-0.2, 0) is 4.79 Å². The van der Waals surface area contributed by atoms with Crippen molar-refractivity contribution in [2.24, 2.45) is 0 Å². The molecule has 1 aromatic heterocycles. The number of nitriles is 1. The van der Waals surface area contributed by atoms with Crippen LogP contribution in [0.4, 0.5) is 0 Å². The van der Waals surface area contributed by atoms with Gasteiger partial charge in [0, 0.05) is 17.7 Å². The summed E-state index contributed by atoms with van der Waals surface area (Å²) in [6.07, 6.45) is 0. The number of rotatable bonds is 1. The highest BCUT2D eigenvalue weighted by molar-refractivity contribution is 7.08. The first-order valence-corrected chi connectivity index (χ1v) is 3.83. The van der Waals surface area contributed by atoms with E-state index in [-0.39, 0.29) is 0 Å². The lowest BCUT2D eigenvalue weighted by molar-refractivity contribution is -0.131. The molecule has 0 fully saturated rings. The highest BCUT2D eigenvalue weighted by atomic mass is 32.1. The summed E-state index contributed by atoms with van der Waals surface area (Å²) in [5.74, 6) is -0.0510. The van der Waals surface area contributed by atoms with Gasteiger partial charge in [0.05, 0.1) is 0 Å². The SMILES string of the molecule is CC(=O)Oc1cscc1C#N. The molecule has 0 N–H and O–H groups in total. The van der Waals surface area contributed by atoms with Crippen LogP contribution in [-0.4, -0.2) is 5.97 Å². The number of hydrogen-bond acceptors (Lipinski definition) is 4. The lowest BCUT2D eigenvalue weighted by Gasteiger charge is -1.95. The number of thiophene rings is 1. The highest BCUT2D eigenvalue weighted by Gasteiger charge is 2.05. The van der Waals surface area contributed by atoms with Gasteiger partial charge in [0.15, 0.2) is 5.75 Å². The molecular formula is C7H5NO2S. The van der Waals surface area contributed by atoms with Crippen LogP contribution in [0.2, 0.25) is 0 Å². The molecular weight excluding hydrogens is 162 g/mol. The molecule has 0 aliphatic heterocycles. The van der Waals surface area contributed by atoms with Gasteiger partial charge in [-0.25, -0.2) is 0 Å². The fourth-order valence-electron chi connectivity index (χ4n) is 0.601. The van der Waals surface area contributed by atoms with E-state index in [2.05, 4.69) is 0 Å². The molecule has 0 bridgehead atoms. The Morgan fingerprint density at radius 3 is 3.00 bits per heavy atom. The maximum Gasteiger partial charge on any atom is 0.308 e. The van der Waals surface area contributed by atoms with Crippen molar-refractivity contribution in [3.8, 4) is 11.8 Å². The van der Waals surface area contributed by atoms with Gasteiger partial charge in [-0.3, -0.25) is 4.79 Å². The second-order valence-corrected chi connectivity index (χ2v) is 2.60. The van der Waals surface area contributed by atoms with Crippen LogP contribution in [0.1, 0.15) is 12.5 Å². The Labute approximate surface area is 67.8 Å². The van der Waals surface area contributed by atoms with Crippen molar-refractivity contribution in [2.45, 2.75) is 6.92 Å². The summed E-state index contributed by atoms with van der Waals surface area (Å²) in [5, 5.41) is 11.7. The van der Waals surface area contributed by atoms with Gasteiger partial charge in [0.2, 0.25) is 0 Å². The molecule has 4 heteroatoms. The summed E-state index contributed by atoms with van der Waals surface area (Å²) in [5.41, 5.74) is 0.408. The number of nitrogens with zero attached hydrogens (tertiary/aromatic N) is 1. The first kappa shape index (κ1) is 7.76. The smallest absolute Gasteiger partial charge is 0.308 e. The lowest BCUT2D eigenvalue weighted by atomic mass is 10.3. The van der Waals surface area contributed by atoms with Crippen LogP contribution < -0.4 is 4.74 Å². The third-order valence-electron chi connectivity index (χ3n) is 1.00. The molecule has 11 heavy (non-hydrogen) atoms. The molecule has 0 saturated carbocycles. The molecule has 3 nitrogen and oxygen atoms in total. The molecule has 0 aliphatic rings. The third-order valence-corrected chi connectivity index (χ3v) is 1.72. The van der Waals surface area contributed by atoms with E-state index in [0.717, 1.165) is 0 Å². The van der Waals surface area contributed by atoms with E-state index in [4.69, 9.17) is 10.00 Å². The van der Waals surface area contributed by atoms with Crippen LogP contribution in [0.3, 0.4) is 0 Å².